The van der Waals surface area contributed by atoms with Crippen LogP contribution in [0.1, 0.15) is 31.9 Å². The lowest BCUT2D eigenvalue weighted by molar-refractivity contribution is -0.163. The largest absolute Gasteiger partial charge is 0.497 e. The van der Waals surface area contributed by atoms with E-state index in [0.717, 1.165) is 16.5 Å². The fraction of sp³-hybridized carbons (Fsp3) is 0.320. The molecule has 0 bridgehead atoms. The number of ether oxygens (including phenoxy) is 3. The highest BCUT2D eigenvalue weighted by molar-refractivity contribution is 5.98. The normalized spacial score (nSPS) is 11.4. The second-order valence-electron chi connectivity index (χ2n) is 8.21. The van der Waals surface area contributed by atoms with E-state index in [1.54, 1.807) is 37.6 Å². The van der Waals surface area contributed by atoms with Crippen LogP contribution in [-0.4, -0.2) is 40.3 Å². The SMILES string of the molecule is COc1ccc2ncc(COc3ccc(CC(C)(C(=O)O)C(=O)O)cc3)c(OC(C)C)c2c1. The molecular weight excluding hydrogens is 426 g/mol. The summed E-state index contributed by atoms with van der Waals surface area (Å²) in [4.78, 5) is 27.3. The molecule has 8 nitrogen and oxygen atoms in total. The predicted octanol–water partition coefficient (Wildman–Crippen LogP) is 4.33. The Balaban J connectivity index is 1.81. The minimum Gasteiger partial charge on any atom is -0.497 e. The summed E-state index contributed by atoms with van der Waals surface area (Å²) in [5.74, 6) is -0.847. The van der Waals surface area contributed by atoms with Crippen LogP contribution in [0.25, 0.3) is 10.9 Å². The molecular formula is C25H27NO7. The zero-order chi connectivity index (χ0) is 24.2. The monoisotopic (exact) mass is 453 g/mol. The molecule has 0 radical (unpaired) electrons. The molecule has 0 saturated carbocycles. The van der Waals surface area contributed by atoms with Gasteiger partial charge in [0.1, 0.15) is 23.9 Å². The van der Waals surface area contributed by atoms with Gasteiger partial charge in [-0.15, -0.1) is 0 Å². The zero-order valence-electron chi connectivity index (χ0n) is 19.0. The topological polar surface area (TPSA) is 115 Å². The van der Waals surface area contributed by atoms with E-state index in [9.17, 15) is 19.8 Å². The summed E-state index contributed by atoms with van der Waals surface area (Å²) >= 11 is 0. The van der Waals surface area contributed by atoms with Gasteiger partial charge in [0.25, 0.3) is 0 Å². The number of nitrogens with zero attached hydrogens (tertiary/aromatic N) is 1. The van der Waals surface area contributed by atoms with Gasteiger partial charge in [0.05, 0.1) is 24.3 Å². The first-order valence-corrected chi connectivity index (χ1v) is 10.4. The lowest BCUT2D eigenvalue weighted by Gasteiger charge is -2.20. The Morgan fingerprint density at radius 3 is 2.24 bits per heavy atom. The van der Waals surface area contributed by atoms with E-state index in [4.69, 9.17) is 14.2 Å². The molecule has 0 unspecified atom stereocenters. The van der Waals surface area contributed by atoms with Crippen LogP contribution in [0.4, 0.5) is 0 Å². The van der Waals surface area contributed by atoms with E-state index in [2.05, 4.69) is 4.98 Å². The number of pyridine rings is 1. The first-order chi connectivity index (χ1) is 15.6. The van der Waals surface area contributed by atoms with Crippen molar-refractivity contribution in [2.24, 2.45) is 5.41 Å². The van der Waals surface area contributed by atoms with Crippen LogP contribution in [0.2, 0.25) is 0 Å². The maximum Gasteiger partial charge on any atom is 0.321 e. The fourth-order valence-electron chi connectivity index (χ4n) is 3.31. The van der Waals surface area contributed by atoms with Gasteiger partial charge in [-0.2, -0.15) is 0 Å². The molecule has 8 heteroatoms. The van der Waals surface area contributed by atoms with Gasteiger partial charge in [-0.05, 0) is 63.1 Å². The predicted molar refractivity (Wildman–Crippen MR) is 122 cm³/mol. The maximum atomic E-state index is 11.4. The highest BCUT2D eigenvalue weighted by Gasteiger charge is 2.41. The summed E-state index contributed by atoms with van der Waals surface area (Å²) in [5, 5.41) is 19.4. The molecule has 2 N–H and O–H groups in total. The Morgan fingerprint density at radius 1 is 1.03 bits per heavy atom. The average Bonchev–Trinajstić information content (AvgIpc) is 2.78. The number of aliphatic carboxylic acids is 2. The van der Waals surface area contributed by atoms with Gasteiger partial charge in [-0.25, -0.2) is 0 Å². The number of hydrogen-bond donors (Lipinski definition) is 2. The molecule has 1 heterocycles. The average molecular weight is 453 g/mol. The second-order valence-corrected chi connectivity index (χ2v) is 8.21. The van der Waals surface area contributed by atoms with Crippen LogP contribution in [0, 0.1) is 5.41 Å². The Labute approximate surface area is 191 Å². The number of methoxy groups -OCH3 is 1. The number of hydrogen-bond acceptors (Lipinski definition) is 6. The van der Waals surface area contributed by atoms with Crippen molar-refractivity contribution in [3.63, 3.8) is 0 Å². The smallest absolute Gasteiger partial charge is 0.321 e. The summed E-state index contributed by atoms with van der Waals surface area (Å²) in [7, 11) is 1.60. The maximum absolute atomic E-state index is 11.4. The van der Waals surface area contributed by atoms with Crippen molar-refractivity contribution in [3.8, 4) is 17.2 Å². The minimum atomic E-state index is -1.90. The summed E-state index contributed by atoms with van der Waals surface area (Å²) in [6.45, 7) is 5.28. The highest BCUT2D eigenvalue weighted by atomic mass is 16.5. The Morgan fingerprint density at radius 2 is 1.67 bits per heavy atom. The van der Waals surface area contributed by atoms with Gasteiger partial charge in [0.15, 0.2) is 5.41 Å². The number of carbonyl (C=O) groups is 2. The number of carboxylic acids is 2. The molecule has 0 amide bonds. The molecule has 33 heavy (non-hydrogen) atoms. The fourth-order valence-corrected chi connectivity index (χ4v) is 3.31. The summed E-state index contributed by atoms with van der Waals surface area (Å²) in [6.07, 6.45) is 1.52. The number of fused-ring (bicyclic) bond motifs is 1. The van der Waals surface area contributed by atoms with E-state index in [-0.39, 0.29) is 19.1 Å². The van der Waals surface area contributed by atoms with Gasteiger partial charge < -0.3 is 24.4 Å². The number of benzene rings is 2. The van der Waals surface area contributed by atoms with Crippen LogP contribution in [-0.2, 0) is 22.6 Å². The van der Waals surface area contributed by atoms with Crippen LogP contribution >= 0.6 is 0 Å². The van der Waals surface area contributed by atoms with Gasteiger partial charge >= 0.3 is 11.9 Å². The molecule has 0 saturated heterocycles. The number of aromatic nitrogens is 1. The summed E-state index contributed by atoms with van der Waals surface area (Å²) < 4.78 is 17.3. The summed E-state index contributed by atoms with van der Waals surface area (Å²) in [5.41, 5.74) is 0.221. The lowest BCUT2D eigenvalue weighted by Crippen LogP contribution is -2.38. The molecule has 0 fully saturated rings. The van der Waals surface area contributed by atoms with Crippen molar-refractivity contribution >= 4 is 22.8 Å². The van der Waals surface area contributed by atoms with Crippen LogP contribution in [0.5, 0.6) is 17.2 Å². The van der Waals surface area contributed by atoms with E-state index >= 15 is 0 Å². The summed E-state index contributed by atoms with van der Waals surface area (Å²) in [6, 6.07) is 12.3. The van der Waals surface area contributed by atoms with Crippen LogP contribution in [0.3, 0.4) is 0 Å². The Bertz CT molecular complexity index is 1140. The standard InChI is InChI=1S/C25H27NO7/c1-15(2)33-22-17(13-26-21-10-9-19(31-4)11-20(21)22)14-32-18-7-5-16(6-8-18)12-25(3,23(27)28)24(29)30/h5-11,13,15H,12,14H2,1-4H3,(H,27,28)(H,29,30). The molecule has 1 aromatic heterocycles. The van der Waals surface area contributed by atoms with Crippen LogP contribution in [0.15, 0.2) is 48.7 Å². The van der Waals surface area contributed by atoms with Crippen LogP contribution < -0.4 is 14.2 Å². The molecule has 174 valence electrons. The third-order valence-electron chi connectivity index (χ3n) is 5.27. The first-order valence-electron chi connectivity index (χ1n) is 10.4. The van der Waals surface area contributed by atoms with Crippen molar-refractivity contribution in [2.45, 2.75) is 39.9 Å². The van der Waals surface area contributed by atoms with Gasteiger partial charge in [-0.1, -0.05) is 12.1 Å². The quantitative estimate of drug-likeness (QED) is 0.436. The Hall–Kier alpha value is -3.81. The molecule has 2 aromatic carbocycles. The minimum absolute atomic E-state index is 0.0578. The molecule has 3 aromatic rings. The molecule has 0 spiro atoms. The molecule has 3 rings (SSSR count). The third-order valence-corrected chi connectivity index (χ3v) is 5.27. The van der Waals surface area contributed by atoms with Gasteiger partial charge in [0.2, 0.25) is 0 Å². The Kier molecular flexibility index (Phi) is 7.06. The molecule has 0 aliphatic carbocycles. The molecule has 0 atom stereocenters. The lowest BCUT2D eigenvalue weighted by atomic mass is 9.84. The zero-order valence-corrected chi connectivity index (χ0v) is 19.0. The number of rotatable bonds is 10. The van der Waals surface area contributed by atoms with E-state index in [0.29, 0.717) is 22.8 Å². The van der Waals surface area contributed by atoms with Gasteiger partial charge in [-0.3, -0.25) is 14.6 Å². The third kappa shape index (κ3) is 5.34. The van der Waals surface area contributed by atoms with Crippen molar-refractivity contribution in [2.75, 3.05) is 7.11 Å². The molecule has 0 aliphatic rings. The highest BCUT2D eigenvalue weighted by Crippen LogP contribution is 2.33. The molecule has 0 aliphatic heterocycles. The van der Waals surface area contributed by atoms with Crippen molar-refractivity contribution in [1.82, 2.24) is 4.98 Å². The van der Waals surface area contributed by atoms with E-state index in [1.807, 2.05) is 32.0 Å². The first kappa shape index (κ1) is 23.8. The number of carboxylic acid groups (broad SMARTS) is 2. The van der Waals surface area contributed by atoms with Crippen molar-refractivity contribution in [3.05, 3.63) is 59.8 Å². The van der Waals surface area contributed by atoms with Crippen molar-refractivity contribution in [1.29, 1.82) is 0 Å². The van der Waals surface area contributed by atoms with E-state index in [1.165, 1.54) is 6.92 Å². The van der Waals surface area contributed by atoms with Gasteiger partial charge in [0, 0.05) is 11.6 Å². The van der Waals surface area contributed by atoms with Crippen molar-refractivity contribution < 1.29 is 34.0 Å². The van der Waals surface area contributed by atoms with E-state index < -0.39 is 17.4 Å². The second kappa shape index (κ2) is 9.77.